The molecule has 0 aliphatic heterocycles. The zero-order chi connectivity index (χ0) is 15.4. The van der Waals surface area contributed by atoms with Crippen molar-refractivity contribution in [3.63, 3.8) is 0 Å². The lowest BCUT2D eigenvalue weighted by Gasteiger charge is -2.22. The molecule has 0 aliphatic rings. The molecule has 21 heavy (non-hydrogen) atoms. The summed E-state index contributed by atoms with van der Waals surface area (Å²) >= 11 is 0. The van der Waals surface area contributed by atoms with Crippen LogP contribution in [0, 0.1) is 12.7 Å². The lowest BCUT2D eigenvalue weighted by atomic mass is 9.96. The standard InChI is InChI=1S/C18H22FNO/c1-12(2)21-17-8-6-5-7-14(17)18(20-4)15-11-13(3)9-10-16(15)19/h5-12,18,20H,1-4H3. The maximum atomic E-state index is 14.2. The molecule has 0 spiro atoms. The largest absolute Gasteiger partial charge is 0.491 e. The molecule has 0 amide bonds. The summed E-state index contributed by atoms with van der Waals surface area (Å²) in [5.74, 6) is 0.576. The van der Waals surface area contributed by atoms with E-state index in [-0.39, 0.29) is 18.0 Å². The topological polar surface area (TPSA) is 21.3 Å². The van der Waals surface area contributed by atoms with Crippen LogP contribution in [0.2, 0.25) is 0 Å². The van der Waals surface area contributed by atoms with E-state index >= 15 is 0 Å². The van der Waals surface area contributed by atoms with Gasteiger partial charge in [-0.3, -0.25) is 0 Å². The van der Waals surface area contributed by atoms with Crippen molar-refractivity contribution in [1.29, 1.82) is 0 Å². The van der Waals surface area contributed by atoms with E-state index in [1.807, 2.05) is 58.2 Å². The van der Waals surface area contributed by atoms with Crippen molar-refractivity contribution < 1.29 is 9.13 Å². The van der Waals surface area contributed by atoms with Crippen molar-refractivity contribution in [1.82, 2.24) is 5.32 Å². The van der Waals surface area contributed by atoms with Crippen molar-refractivity contribution in [2.24, 2.45) is 0 Å². The number of ether oxygens (including phenoxy) is 1. The SMILES string of the molecule is CNC(c1cc(C)ccc1F)c1ccccc1OC(C)C. The van der Waals surface area contributed by atoms with Gasteiger partial charge in [0.1, 0.15) is 11.6 Å². The third-order valence-corrected chi connectivity index (χ3v) is 3.34. The van der Waals surface area contributed by atoms with Crippen LogP contribution in [0.1, 0.15) is 36.6 Å². The first kappa shape index (κ1) is 15.5. The van der Waals surface area contributed by atoms with Gasteiger partial charge in [0.15, 0.2) is 0 Å². The molecule has 0 aromatic heterocycles. The Kier molecular flexibility index (Phi) is 4.97. The molecule has 0 fully saturated rings. The molecular formula is C18H22FNO. The van der Waals surface area contributed by atoms with Crippen molar-refractivity contribution in [3.8, 4) is 5.75 Å². The quantitative estimate of drug-likeness (QED) is 0.888. The minimum absolute atomic E-state index is 0.0750. The first-order chi connectivity index (χ1) is 10.0. The minimum Gasteiger partial charge on any atom is -0.491 e. The van der Waals surface area contributed by atoms with Gasteiger partial charge in [0, 0.05) is 11.1 Å². The Labute approximate surface area is 126 Å². The number of para-hydroxylation sites is 1. The Morgan fingerprint density at radius 3 is 2.43 bits per heavy atom. The number of rotatable bonds is 5. The third-order valence-electron chi connectivity index (χ3n) is 3.34. The van der Waals surface area contributed by atoms with Gasteiger partial charge in [-0.05, 0) is 40.0 Å². The highest BCUT2D eigenvalue weighted by molar-refractivity contribution is 5.43. The van der Waals surface area contributed by atoms with Gasteiger partial charge in [-0.1, -0.05) is 35.9 Å². The fourth-order valence-corrected chi connectivity index (χ4v) is 2.44. The normalized spacial score (nSPS) is 12.5. The Morgan fingerprint density at radius 2 is 1.76 bits per heavy atom. The van der Waals surface area contributed by atoms with Crippen molar-refractivity contribution in [2.75, 3.05) is 7.05 Å². The summed E-state index contributed by atoms with van der Waals surface area (Å²) in [6.07, 6.45) is 0.0750. The van der Waals surface area contributed by atoms with Crippen LogP contribution in [0.15, 0.2) is 42.5 Å². The van der Waals surface area contributed by atoms with Crippen LogP contribution < -0.4 is 10.1 Å². The third kappa shape index (κ3) is 3.61. The molecule has 2 nitrogen and oxygen atoms in total. The first-order valence-corrected chi connectivity index (χ1v) is 7.21. The van der Waals surface area contributed by atoms with Crippen LogP contribution in [0.4, 0.5) is 4.39 Å². The molecule has 2 aromatic carbocycles. The molecule has 112 valence electrons. The van der Waals surface area contributed by atoms with E-state index in [1.165, 1.54) is 6.07 Å². The molecular weight excluding hydrogens is 265 g/mol. The predicted octanol–water partition coefficient (Wildman–Crippen LogP) is 4.23. The van der Waals surface area contributed by atoms with E-state index in [4.69, 9.17) is 4.74 Å². The molecule has 0 bridgehead atoms. The van der Waals surface area contributed by atoms with Crippen molar-refractivity contribution >= 4 is 0 Å². The summed E-state index contributed by atoms with van der Waals surface area (Å²) in [7, 11) is 1.83. The Bertz CT molecular complexity index is 610. The van der Waals surface area contributed by atoms with Crippen LogP contribution in [0.25, 0.3) is 0 Å². The van der Waals surface area contributed by atoms with Gasteiger partial charge >= 0.3 is 0 Å². The predicted molar refractivity (Wildman–Crippen MR) is 84.2 cm³/mol. The van der Waals surface area contributed by atoms with Gasteiger partial charge < -0.3 is 10.1 Å². The lowest BCUT2D eigenvalue weighted by molar-refractivity contribution is 0.238. The van der Waals surface area contributed by atoms with Crippen LogP contribution in [-0.2, 0) is 0 Å². The van der Waals surface area contributed by atoms with Gasteiger partial charge in [-0.25, -0.2) is 4.39 Å². The van der Waals surface area contributed by atoms with E-state index in [0.29, 0.717) is 5.56 Å². The molecule has 1 N–H and O–H groups in total. The highest BCUT2D eigenvalue weighted by Gasteiger charge is 2.20. The molecule has 1 unspecified atom stereocenters. The van der Waals surface area contributed by atoms with Crippen LogP contribution in [-0.4, -0.2) is 13.2 Å². The summed E-state index contributed by atoms with van der Waals surface area (Å²) < 4.78 is 20.1. The summed E-state index contributed by atoms with van der Waals surface area (Å²) in [6.45, 7) is 5.93. The number of hydrogen-bond donors (Lipinski definition) is 1. The first-order valence-electron chi connectivity index (χ1n) is 7.21. The summed E-state index contributed by atoms with van der Waals surface area (Å²) in [5.41, 5.74) is 2.62. The molecule has 0 heterocycles. The van der Waals surface area contributed by atoms with Crippen molar-refractivity contribution in [2.45, 2.75) is 32.9 Å². The molecule has 0 radical (unpaired) electrons. The van der Waals surface area contributed by atoms with Crippen molar-refractivity contribution in [3.05, 3.63) is 65.0 Å². The summed E-state index contributed by atoms with van der Waals surface area (Å²) in [5, 5.41) is 3.20. The number of hydrogen-bond acceptors (Lipinski definition) is 2. The van der Waals surface area contributed by atoms with E-state index < -0.39 is 0 Å². The molecule has 0 aliphatic carbocycles. The smallest absolute Gasteiger partial charge is 0.128 e. The van der Waals surface area contributed by atoms with Gasteiger partial charge in [-0.15, -0.1) is 0 Å². The molecule has 0 saturated heterocycles. The fourth-order valence-electron chi connectivity index (χ4n) is 2.44. The average molecular weight is 287 g/mol. The zero-order valence-corrected chi connectivity index (χ0v) is 13.0. The minimum atomic E-state index is -0.236. The van der Waals surface area contributed by atoms with Crippen LogP contribution >= 0.6 is 0 Å². The van der Waals surface area contributed by atoms with E-state index in [0.717, 1.165) is 16.9 Å². The Hall–Kier alpha value is -1.87. The van der Waals surface area contributed by atoms with E-state index in [9.17, 15) is 4.39 Å². The second-order valence-corrected chi connectivity index (χ2v) is 5.45. The van der Waals surface area contributed by atoms with Gasteiger partial charge in [-0.2, -0.15) is 0 Å². The zero-order valence-electron chi connectivity index (χ0n) is 13.0. The number of nitrogens with one attached hydrogen (secondary N) is 1. The maximum absolute atomic E-state index is 14.2. The molecule has 0 saturated carbocycles. The number of halogens is 1. The monoisotopic (exact) mass is 287 g/mol. The van der Waals surface area contributed by atoms with E-state index in [1.54, 1.807) is 6.07 Å². The number of aryl methyl sites for hydroxylation is 1. The highest BCUT2D eigenvalue weighted by atomic mass is 19.1. The van der Waals surface area contributed by atoms with Gasteiger partial charge in [0.25, 0.3) is 0 Å². The average Bonchev–Trinajstić information content (AvgIpc) is 2.44. The fraction of sp³-hybridized carbons (Fsp3) is 0.333. The molecule has 1 atom stereocenters. The Morgan fingerprint density at radius 1 is 1.05 bits per heavy atom. The van der Waals surface area contributed by atoms with E-state index in [2.05, 4.69) is 5.32 Å². The second kappa shape index (κ2) is 6.72. The van der Waals surface area contributed by atoms with Crippen LogP contribution in [0.5, 0.6) is 5.75 Å². The van der Waals surface area contributed by atoms with Gasteiger partial charge in [0.05, 0.1) is 12.1 Å². The molecule has 2 rings (SSSR count). The summed E-state index contributed by atoms with van der Waals surface area (Å²) in [4.78, 5) is 0. The van der Waals surface area contributed by atoms with Gasteiger partial charge in [0.2, 0.25) is 0 Å². The Balaban J connectivity index is 2.49. The van der Waals surface area contributed by atoms with Crippen LogP contribution in [0.3, 0.4) is 0 Å². The number of benzene rings is 2. The summed E-state index contributed by atoms with van der Waals surface area (Å²) in [6, 6.07) is 12.7. The second-order valence-electron chi connectivity index (χ2n) is 5.45. The highest BCUT2D eigenvalue weighted by Crippen LogP contribution is 2.32. The lowest BCUT2D eigenvalue weighted by Crippen LogP contribution is -2.21. The molecule has 2 aromatic rings. The molecule has 3 heteroatoms. The maximum Gasteiger partial charge on any atom is 0.128 e.